The molecule has 3 rings (SSSR count). The van der Waals surface area contributed by atoms with Gasteiger partial charge in [-0.1, -0.05) is 11.6 Å². The van der Waals surface area contributed by atoms with Crippen LogP contribution in [0.5, 0.6) is 0 Å². The van der Waals surface area contributed by atoms with Gasteiger partial charge in [-0.2, -0.15) is 0 Å². The van der Waals surface area contributed by atoms with Gasteiger partial charge >= 0.3 is 0 Å². The second kappa shape index (κ2) is 3.67. The van der Waals surface area contributed by atoms with Gasteiger partial charge in [0, 0.05) is 35.2 Å². The SMILES string of the molecule is CN1CC2CSc3ccc(Cl)cc3C2N1. The molecular formula is C11H13ClN2S. The summed E-state index contributed by atoms with van der Waals surface area (Å²) in [6, 6.07) is 6.68. The Labute approximate surface area is 99.0 Å². The fraction of sp³-hybridized carbons (Fsp3) is 0.455. The number of thioether (sulfide) groups is 1. The molecule has 0 aliphatic carbocycles. The smallest absolute Gasteiger partial charge is 0.0525 e. The number of hydrogen-bond donors (Lipinski definition) is 1. The molecule has 0 saturated carbocycles. The Bertz CT molecular complexity index is 396. The Balaban J connectivity index is 2.03. The fourth-order valence-electron chi connectivity index (χ4n) is 2.42. The Morgan fingerprint density at radius 3 is 3.27 bits per heavy atom. The molecule has 1 aromatic rings. The van der Waals surface area contributed by atoms with Gasteiger partial charge in [0.1, 0.15) is 0 Å². The minimum atomic E-state index is 0.463. The lowest BCUT2D eigenvalue weighted by atomic mass is 9.96. The molecule has 0 spiro atoms. The van der Waals surface area contributed by atoms with Crippen molar-refractivity contribution in [2.75, 3.05) is 19.3 Å². The molecule has 2 nitrogen and oxygen atoms in total. The van der Waals surface area contributed by atoms with Crippen LogP contribution in [0.25, 0.3) is 0 Å². The van der Waals surface area contributed by atoms with Crippen LogP contribution in [-0.4, -0.2) is 24.4 Å². The van der Waals surface area contributed by atoms with E-state index in [9.17, 15) is 0 Å². The second-order valence-electron chi connectivity index (χ2n) is 4.24. The van der Waals surface area contributed by atoms with E-state index in [1.165, 1.54) is 16.2 Å². The number of nitrogens with zero attached hydrogens (tertiary/aromatic N) is 1. The predicted molar refractivity (Wildman–Crippen MR) is 64.2 cm³/mol. The molecule has 80 valence electrons. The molecule has 0 radical (unpaired) electrons. The van der Waals surface area contributed by atoms with Crippen LogP contribution in [0.1, 0.15) is 11.6 Å². The van der Waals surface area contributed by atoms with Crippen LogP contribution in [0, 0.1) is 5.92 Å². The molecule has 1 fully saturated rings. The third kappa shape index (κ3) is 1.68. The minimum Gasteiger partial charge on any atom is -0.248 e. The van der Waals surface area contributed by atoms with Crippen LogP contribution in [0.2, 0.25) is 5.02 Å². The van der Waals surface area contributed by atoms with Crippen molar-refractivity contribution >= 4 is 23.4 Å². The van der Waals surface area contributed by atoms with Gasteiger partial charge in [0.2, 0.25) is 0 Å². The zero-order valence-corrected chi connectivity index (χ0v) is 10.1. The van der Waals surface area contributed by atoms with Crippen molar-refractivity contribution in [2.45, 2.75) is 10.9 Å². The van der Waals surface area contributed by atoms with Gasteiger partial charge in [-0.3, -0.25) is 0 Å². The van der Waals surface area contributed by atoms with E-state index < -0.39 is 0 Å². The maximum atomic E-state index is 6.05. The van der Waals surface area contributed by atoms with Crippen molar-refractivity contribution in [3.8, 4) is 0 Å². The quantitative estimate of drug-likeness (QED) is 0.751. The van der Waals surface area contributed by atoms with Gasteiger partial charge in [-0.05, 0) is 23.8 Å². The third-order valence-electron chi connectivity index (χ3n) is 3.10. The summed E-state index contributed by atoms with van der Waals surface area (Å²) < 4.78 is 0. The molecule has 0 aromatic heterocycles. The molecule has 4 heteroatoms. The molecule has 2 heterocycles. The maximum Gasteiger partial charge on any atom is 0.0525 e. The lowest BCUT2D eigenvalue weighted by molar-refractivity contribution is 0.292. The van der Waals surface area contributed by atoms with Gasteiger partial charge in [0.15, 0.2) is 0 Å². The van der Waals surface area contributed by atoms with Crippen LogP contribution in [0.3, 0.4) is 0 Å². The van der Waals surface area contributed by atoms with E-state index in [0.717, 1.165) is 11.6 Å². The number of hydrazine groups is 1. The van der Waals surface area contributed by atoms with Crippen LogP contribution in [0.15, 0.2) is 23.1 Å². The van der Waals surface area contributed by atoms with E-state index in [1.54, 1.807) is 0 Å². The highest BCUT2D eigenvalue weighted by Gasteiger charge is 2.36. The monoisotopic (exact) mass is 240 g/mol. The van der Waals surface area contributed by atoms with Crippen molar-refractivity contribution in [2.24, 2.45) is 5.92 Å². The summed E-state index contributed by atoms with van der Waals surface area (Å²) in [5.74, 6) is 1.92. The van der Waals surface area contributed by atoms with E-state index in [4.69, 9.17) is 11.6 Å². The third-order valence-corrected chi connectivity index (χ3v) is 4.61. The van der Waals surface area contributed by atoms with Crippen molar-refractivity contribution in [1.82, 2.24) is 10.4 Å². The van der Waals surface area contributed by atoms with Crippen molar-refractivity contribution in [3.05, 3.63) is 28.8 Å². The van der Waals surface area contributed by atoms with Crippen molar-refractivity contribution in [1.29, 1.82) is 0 Å². The lowest BCUT2D eigenvalue weighted by Gasteiger charge is -2.26. The summed E-state index contributed by atoms with van der Waals surface area (Å²) in [7, 11) is 2.10. The molecule has 0 amide bonds. The summed E-state index contributed by atoms with van der Waals surface area (Å²) >= 11 is 8.00. The summed E-state index contributed by atoms with van der Waals surface area (Å²) in [6.07, 6.45) is 0. The average molecular weight is 241 g/mol. The Morgan fingerprint density at radius 2 is 2.40 bits per heavy atom. The maximum absolute atomic E-state index is 6.05. The van der Waals surface area contributed by atoms with Crippen LogP contribution in [0.4, 0.5) is 0 Å². The average Bonchev–Trinajstić information content (AvgIpc) is 2.58. The molecule has 2 unspecified atom stereocenters. The largest absolute Gasteiger partial charge is 0.248 e. The zero-order chi connectivity index (χ0) is 10.4. The topological polar surface area (TPSA) is 15.3 Å². The van der Waals surface area contributed by atoms with Crippen molar-refractivity contribution < 1.29 is 0 Å². The summed E-state index contributed by atoms with van der Waals surface area (Å²) in [5, 5.41) is 3.03. The molecule has 2 atom stereocenters. The van der Waals surface area contributed by atoms with Crippen LogP contribution in [-0.2, 0) is 0 Å². The standard InChI is InChI=1S/C11H13ClN2S/c1-14-5-7-6-15-10-3-2-8(12)4-9(10)11(7)13-14/h2-4,7,11,13H,5-6H2,1H3. The first kappa shape index (κ1) is 9.97. The normalized spacial score (nSPS) is 30.0. The Kier molecular flexibility index (Phi) is 2.44. The van der Waals surface area contributed by atoms with E-state index in [2.05, 4.69) is 29.6 Å². The molecule has 1 saturated heterocycles. The van der Waals surface area contributed by atoms with Gasteiger partial charge in [-0.15, -0.1) is 11.8 Å². The molecule has 2 aliphatic rings. The van der Waals surface area contributed by atoms with Gasteiger partial charge < -0.3 is 0 Å². The molecule has 0 bridgehead atoms. The van der Waals surface area contributed by atoms with Crippen molar-refractivity contribution in [3.63, 3.8) is 0 Å². The molecule has 2 aliphatic heterocycles. The molecule has 1 N–H and O–H groups in total. The molecular weight excluding hydrogens is 228 g/mol. The minimum absolute atomic E-state index is 0.463. The highest BCUT2D eigenvalue weighted by molar-refractivity contribution is 7.99. The number of benzene rings is 1. The van der Waals surface area contributed by atoms with E-state index in [-0.39, 0.29) is 0 Å². The first-order chi connectivity index (χ1) is 7.24. The summed E-state index contributed by atoms with van der Waals surface area (Å²) in [5.41, 5.74) is 4.87. The van der Waals surface area contributed by atoms with Gasteiger partial charge in [0.25, 0.3) is 0 Å². The lowest BCUT2D eigenvalue weighted by Crippen LogP contribution is -2.28. The fourth-order valence-corrected chi connectivity index (χ4v) is 3.80. The Morgan fingerprint density at radius 1 is 1.53 bits per heavy atom. The van der Waals surface area contributed by atoms with Crippen LogP contribution < -0.4 is 5.43 Å². The highest BCUT2D eigenvalue weighted by Crippen LogP contribution is 2.43. The summed E-state index contributed by atoms with van der Waals surface area (Å²) in [6.45, 7) is 1.13. The number of nitrogens with one attached hydrogen (secondary N) is 1. The first-order valence-electron chi connectivity index (χ1n) is 5.13. The van der Waals surface area contributed by atoms with Crippen LogP contribution >= 0.6 is 23.4 Å². The number of hydrogen-bond acceptors (Lipinski definition) is 3. The Hall–Kier alpha value is -0.220. The van der Waals surface area contributed by atoms with Gasteiger partial charge in [0.05, 0.1) is 6.04 Å². The molecule has 15 heavy (non-hydrogen) atoms. The highest BCUT2D eigenvalue weighted by atomic mass is 35.5. The first-order valence-corrected chi connectivity index (χ1v) is 6.50. The predicted octanol–water partition coefficient (Wildman–Crippen LogP) is 2.55. The summed E-state index contributed by atoms with van der Waals surface area (Å²) in [4.78, 5) is 1.38. The number of halogens is 1. The number of rotatable bonds is 0. The second-order valence-corrected chi connectivity index (χ2v) is 5.74. The zero-order valence-electron chi connectivity index (χ0n) is 8.53. The number of fused-ring (bicyclic) bond motifs is 3. The van der Waals surface area contributed by atoms with Gasteiger partial charge in [-0.25, -0.2) is 10.4 Å². The van der Waals surface area contributed by atoms with E-state index >= 15 is 0 Å². The van der Waals surface area contributed by atoms with E-state index in [1.807, 2.05) is 17.8 Å². The molecule has 1 aromatic carbocycles. The van der Waals surface area contributed by atoms with E-state index in [0.29, 0.717) is 12.0 Å².